The molecule has 0 saturated heterocycles. The van der Waals surface area contributed by atoms with Crippen LogP contribution in [0.5, 0.6) is 0 Å². The molecular weight excluding hydrogens is 388 g/mol. The highest BCUT2D eigenvalue weighted by Crippen LogP contribution is 2.27. The van der Waals surface area contributed by atoms with E-state index in [0.717, 1.165) is 50.3 Å². The maximum absolute atomic E-state index is 12.7. The van der Waals surface area contributed by atoms with Gasteiger partial charge >= 0.3 is 0 Å². The van der Waals surface area contributed by atoms with Crippen molar-refractivity contribution in [3.8, 4) is 5.69 Å². The Kier molecular flexibility index (Phi) is 5.51. The number of nitrogens with zero attached hydrogens (tertiary/aromatic N) is 5. The number of pyridine rings is 1. The molecule has 0 bridgehead atoms. The lowest BCUT2D eigenvalue weighted by Crippen LogP contribution is -2.33. The molecule has 3 heterocycles. The van der Waals surface area contributed by atoms with Crippen LogP contribution in [-0.2, 0) is 19.5 Å². The molecule has 31 heavy (non-hydrogen) atoms. The Morgan fingerprint density at radius 1 is 1.16 bits per heavy atom. The van der Waals surface area contributed by atoms with Gasteiger partial charge in [-0.3, -0.25) is 14.7 Å². The average molecular weight is 417 g/mol. The number of carbonyl (C=O) groups excluding carboxylic acids is 1. The molecule has 1 amide bonds. The lowest BCUT2D eigenvalue weighted by molar-refractivity contribution is 0.0932. The summed E-state index contributed by atoms with van der Waals surface area (Å²) in [5.74, 6) is -0.107. The zero-order chi connectivity index (χ0) is 21.2. The fourth-order valence-corrected chi connectivity index (χ4v) is 4.82. The number of rotatable bonds is 5. The first-order valence-electron chi connectivity index (χ1n) is 11.1. The Morgan fingerprint density at radius 3 is 2.77 bits per heavy atom. The van der Waals surface area contributed by atoms with E-state index in [1.54, 1.807) is 0 Å². The van der Waals surface area contributed by atoms with Crippen LogP contribution in [0, 0.1) is 6.92 Å². The van der Waals surface area contributed by atoms with E-state index >= 15 is 0 Å². The zero-order valence-corrected chi connectivity index (χ0v) is 17.9. The predicted molar refractivity (Wildman–Crippen MR) is 118 cm³/mol. The number of benzene rings is 1. The summed E-state index contributed by atoms with van der Waals surface area (Å²) in [5.41, 5.74) is 6.14. The first-order valence-corrected chi connectivity index (χ1v) is 11.1. The standard InChI is InChI=1S/C24H28N6O/c1-17-23(24(31)26-20-6-2-3-7-20)27-28-30(17)22-8-4-5-19-16-29(14-11-21(19)22)15-18-9-12-25-13-10-18/h4-5,8-10,12-13,20H,2-3,6-7,11,14-16H2,1H3,(H,26,31). The monoisotopic (exact) mass is 416 g/mol. The minimum absolute atomic E-state index is 0.107. The first kappa shape index (κ1) is 19.9. The molecule has 1 fully saturated rings. The highest BCUT2D eigenvalue weighted by atomic mass is 16.2. The molecule has 2 aromatic heterocycles. The van der Waals surface area contributed by atoms with Crippen LogP contribution in [0.2, 0.25) is 0 Å². The van der Waals surface area contributed by atoms with E-state index in [2.05, 4.69) is 55.8 Å². The molecule has 7 nitrogen and oxygen atoms in total. The van der Waals surface area contributed by atoms with Crippen molar-refractivity contribution >= 4 is 5.91 Å². The third-order valence-electron chi connectivity index (χ3n) is 6.50. The molecular formula is C24H28N6O. The van der Waals surface area contributed by atoms with Crippen molar-refractivity contribution in [1.29, 1.82) is 0 Å². The Balaban J connectivity index is 1.36. The minimum Gasteiger partial charge on any atom is -0.348 e. The van der Waals surface area contributed by atoms with Crippen molar-refractivity contribution < 1.29 is 4.79 Å². The van der Waals surface area contributed by atoms with Crippen molar-refractivity contribution in [2.75, 3.05) is 6.54 Å². The van der Waals surface area contributed by atoms with Crippen molar-refractivity contribution in [1.82, 2.24) is 30.2 Å². The number of fused-ring (bicyclic) bond motifs is 1. The van der Waals surface area contributed by atoms with E-state index in [4.69, 9.17) is 0 Å². The summed E-state index contributed by atoms with van der Waals surface area (Å²) in [6.07, 6.45) is 9.12. The van der Waals surface area contributed by atoms with Gasteiger partial charge in [-0.25, -0.2) is 4.68 Å². The van der Waals surface area contributed by atoms with Crippen molar-refractivity contribution in [2.45, 2.75) is 58.2 Å². The Morgan fingerprint density at radius 2 is 1.97 bits per heavy atom. The fourth-order valence-electron chi connectivity index (χ4n) is 4.82. The molecule has 160 valence electrons. The number of aromatic nitrogens is 4. The lowest BCUT2D eigenvalue weighted by Gasteiger charge is -2.30. The van der Waals surface area contributed by atoms with Crippen LogP contribution in [0.15, 0.2) is 42.7 Å². The van der Waals surface area contributed by atoms with Crippen molar-refractivity contribution in [3.63, 3.8) is 0 Å². The minimum atomic E-state index is -0.107. The van der Waals surface area contributed by atoms with Crippen molar-refractivity contribution in [2.24, 2.45) is 0 Å². The normalized spacial score (nSPS) is 16.9. The van der Waals surface area contributed by atoms with Gasteiger partial charge in [0.1, 0.15) is 0 Å². The largest absolute Gasteiger partial charge is 0.348 e. The van der Waals surface area contributed by atoms with Gasteiger partial charge < -0.3 is 5.32 Å². The maximum atomic E-state index is 12.7. The van der Waals surface area contributed by atoms with Gasteiger partial charge in [-0.05, 0) is 61.1 Å². The highest BCUT2D eigenvalue weighted by molar-refractivity contribution is 5.93. The van der Waals surface area contributed by atoms with Gasteiger partial charge in [0.25, 0.3) is 5.91 Å². The van der Waals surface area contributed by atoms with Gasteiger partial charge in [0.2, 0.25) is 0 Å². The smallest absolute Gasteiger partial charge is 0.273 e. The van der Waals surface area contributed by atoms with Gasteiger partial charge in [-0.1, -0.05) is 30.2 Å². The van der Waals surface area contributed by atoms with Crippen LogP contribution >= 0.6 is 0 Å². The van der Waals surface area contributed by atoms with Crippen LogP contribution in [0.3, 0.4) is 0 Å². The third kappa shape index (κ3) is 4.10. The summed E-state index contributed by atoms with van der Waals surface area (Å²) in [6, 6.07) is 10.8. The number of nitrogens with one attached hydrogen (secondary N) is 1. The number of hydrogen-bond acceptors (Lipinski definition) is 5. The summed E-state index contributed by atoms with van der Waals surface area (Å²) in [4.78, 5) is 19.3. The number of amides is 1. The predicted octanol–water partition coefficient (Wildman–Crippen LogP) is 3.20. The Hall–Kier alpha value is -3.06. The lowest BCUT2D eigenvalue weighted by atomic mass is 9.97. The number of hydrogen-bond donors (Lipinski definition) is 1. The molecule has 5 rings (SSSR count). The van der Waals surface area contributed by atoms with Gasteiger partial charge in [0, 0.05) is 38.1 Å². The van der Waals surface area contributed by atoms with E-state index in [1.165, 1.54) is 29.5 Å². The molecule has 0 unspecified atom stereocenters. The second kappa shape index (κ2) is 8.59. The summed E-state index contributed by atoms with van der Waals surface area (Å²) >= 11 is 0. The Labute approximate surface area is 182 Å². The highest BCUT2D eigenvalue weighted by Gasteiger charge is 2.25. The zero-order valence-electron chi connectivity index (χ0n) is 17.9. The Bertz CT molecular complexity index is 1070. The van der Waals surface area contributed by atoms with Gasteiger partial charge in [0.15, 0.2) is 5.69 Å². The maximum Gasteiger partial charge on any atom is 0.273 e. The summed E-state index contributed by atoms with van der Waals surface area (Å²) in [7, 11) is 0. The van der Waals surface area contributed by atoms with E-state index in [1.807, 2.05) is 24.0 Å². The van der Waals surface area contributed by atoms with E-state index < -0.39 is 0 Å². The van der Waals surface area contributed by atoms with Crippen LogP contribution in [-0.4, -0.2) is 43.4 Å². The second-order valence-electron chi connectivity index (χ2n) is 8.62. The molecule has 1 aliphatic heterocycles. The molecule has 0 atom stereocenters. The quantitative estimate of drug-likeness (QED) is 0.691. The van der Waals surface area contributed by atoms with E-state index in [9.17, 15) is 4.79 Å². The first-order chi connectivity index (χ1) is 15.2. The molecule has 1 aliphatic carbocycles. The van der Waals surface area contributed by atoms with E-state index in [-0.39, 0.29) is 11.9 Å². The summed E-state index contributed by atoms with van der Waals surface area (Å²) < 4.78 is 1.83. The second-order valence-corrected chi connectivity index (χ2v) is 8.62. The molecule has 1 saturated carbocycles. The van der Waals surface area contributed by atoms with Gasteiger partial charge in [-0.15, -0.1) is 5.10 Å². The van der Waals surface area contributed by atoms with Crippen LogP contribution < -0.4 is 5.32 Å². The third-order valence-corrected chi connectivity index (χ3v) is 6.50. The van der Waals surface area contributed by atoms with Crippen molar-refractivity contribution in [3.05, 3.63) is 70.8 Å². The molecule has 0 radical (unpaired) electrons. The van der Waals surface area contributed by atoms with E-state index in [0.29, 0.717) is 5.69 Å². The molecule has 1 aromatic carbocycles. The molecule has 2 aliphatic rings. The fraction of sp³-hybridized carbons (Fsp3) is 0.417. The van der Waals surface area contributed by atoms with Gasteiger partial charge in [-0.2, -0.15) is 0 Å². The molecule has 3 aromatic rings. The summed E-state index contributed by atoms with van der Waals surface area (Å²) in [5, 5.41) is 11.7. The molecule has 7 heteroatoms. The van der Waals surface area contributed by atoms with Crippen LogP contribution in [0.25, 0.3) is 5.69 Å². The summed E-state index contributed by atoms with van der Waals surface area (Å²) in [6.45, 7) is 4.73. The topological polar surface area (TPSA) is 75.9 Å². The van der Waals surface area contributed by atoms with Crippen LogP contribution in [0.4, 0.5) is 0 Å². The SMILES string of the molecule is Cc1c(C(=O)NC2CCCC2)nnn1-c1cccc2c1CCN(Cc1ccncc1)C2. The number of carbonyl (C=O) groups is 1. The van der Waals surface area contributed by atoms with Crippen LogP contribution in [0.1, 0.15) is 58.6 Å². The van der Waals surface area contributed by atoms with Gasteiger partial charge in [0.05, 0.1) is 11.4 Å². The molecule has 0 spiro atoms. The molecule has 1 N–H and O–H groups in total. The average Bonchev–Trinajstić information content (AvgIpc) is 3.43.